The molecular weight excluding hydrogens is 1970 g/mol. The number of hydrogen-bond donors (Lipinski definition) is 33. The summed E-state index contributed by atoms with van der Waals surface area (Å²) in [7, 11) is 0. The zero-order valence-electron chi connectivity index (χ0n) is 83.6. The van der Waals surface area contributed by atoms with Crippen LogP contribution in [0.2, 0.25) is 0 Å². The first-order chi connectivity index (χ1) is 69.8. The lowest BCUT2D eigenvalue weighted by molar-refractivity contribution is -0.142. The molecule has 0 spiro atoms. The molecular formula is C91H138N24O34. The molecule has 0 saturated carbocycles. The van der Waals surface area contributed by atoms with Gasteiger partial charge in [0.05, 0.1) is 69.6 Å². The molecule has 3 aromatic rings. The molecule has 0 radical (unpaired) electrons. The molecule has 58 heteroatoms. The van der Waals surface area contributed by atoms with Crippen LogP contribution in [0, 0.1) is 11.8 Å². The average molecular weight is 2110 g/mol. The van der Waals surface area contributed by atoms with Gasteiger partial charge in [0.2, 0.25) is 118 Å². The van der Waals surface area contributed by atoms with Gasteiger partial charge in [0.15, 0.2) is 0 Å². The van der Waals surface area contributed by atoms with E-state index >= 15 is 0 Å². The number of amides is 20. The number of nitrogens with zero attached hydrogens (tertiary/aromatic N) is 1. The lowest BCUT2D eigenvalue weighted by atomic mass is 10.00. The number of carbonyl (C=O) groups excluding carboxylic acids is 20. The number of aromatic amines is 1. The average Bonchev–Trinajstić information content (AvgIpc) is 1.55. The van der Waals surface area contributed by atoms with Crippen LogP contribution in [-0.4, -0.2) is 363 Å². The Labute approximate surface area is 853 Å². The molecule has 0 fully saturated rings. The number of aliphatic hydroxyl groups excluding tert-OH is 5. The van der Waals surface area contributed by atoms with Crippen LogP contribution in [0.4, 0.5) is 0 Å². The Morgan fingerprint density at radius 3 is 1.24 bits per heavy atom. The third-order valence-electron chi connectivity index (χ3n) is 22.2. The largest absolute Gasteiger partial charge is 0.508 e. The van der Waals surface area contributed by atoms with Gasteiger partial charge in [0, 0.05) is 44.7 Å². The number of aromatic nitrogens is 2. The minimum atomic E-state index is -2.23. The molecule has 0 unspecified atom stereocenters. The summed E-state index contributed by atoms with van der Waals surface area (Å²) in [6, 6.07) is -17.7. The molecule has 3 rings (SSSR count). The van der Waals surface area contributed by atoms with Gasteiger partial charge < -0.3 is 174 Å². The highest BCUT2D eigenvalue weighted by Gasteiger charge is 2.42. The Morgan fingerprint density at radius 1 is 0.389 bits per heavy atom. The van der Waals surface area contributed by atoms with Crippen molar-refractivity contribution < 1.29 is 166 Å². The van der Waals surface area contributed by atoms with Crippen LogP contribution < -0.4 is 118 Å². The summed E-state index contributed by atoms with van der Waals surface area (Å²) >= 11 is 0. The number of phenolic OH excluding ortho intramolecular Hbond substituents is 1. The summed E-state index contributed by atoms with van der Waals surface area (Å²) in [6.45, 7) is 7.02. The summed E-state index contributed by atoms with van der Waals surface area (Å²) < 4.78 is 0. The first kappa shape index (κ1) is 128. The Bertz CT molecular complexity index is 5110. The predicted molar refractivity (Wildman–Crippen MR) is 517 cm³/mol. The first-order valence-corrected chi connectivity index (χ1v) is 47.2. The lowest BCUT2D eigenvalue weighted by Gasteiger charge is -2.29. The van der Waals surface area contributed by atoms with Crippen LogP contribution in [0.25, 0.3) is 0 Å². The maximum absolute atomic E-state index is 14.6. The number of primary amides is 1. The number of imidazole rings is 1. The SMILES string of the molecule is CC(C)C[C@H](NC(=O)[C@H](Cc1ccc(O)cc1)NC(=O)[C@H](CO)NC(=O)[C@H](CO)NC(=O)[C@@H](NC(=O)[C@H](CC(=O)O)NC(=O)[C@H](CO)NC(=O)[C@@H](NC(=O)[C@@H](Cc1ccccc1)NC(=O)[C@@H](NC(=O)CNC(=O)[C@H](CCC(=O)O)NC(=O)C(C)(C)NC(=O)[C@@H](N)Cc1c[nH]cn1)[C@@H](C)O)[C@@H](C)O)C(C)C)C(=O)N[C@@H](CCC(=O)O)C(=O)NCC(=O)N[C@@H](CCC(N)=O)C(=O)N[C@@H](C)C(=O)N[C@@H](C)C(=O)N[C@@H](CCCCN)C(=O)O. The highest BCUT2D eigenvalue weighted by molar-refractivity contribution is 6.03. The van der Waals surface area contributed by atoms with Crippen LogP contribution in [0.15, 0.2) is 67.1 Å². The van der Waals surface area contributed by atoms with E-state index < -0.39 is 365 Å². The number of nitrogens with two attached hydrogens (primary N) is 3. The molecule has 58 nitrogen and oxygen atoms in total. The topological polar surface area (TPSA) is 947 Å². The second kappa shape index (κ2) is 63.8. The van der Waals surface area contributed by atoms with Gasteiger partial charge >= 0.3 is 23.9 Å². The highest BCUT2D eigenvalue weighted by atomic mass is 16.4. The van der Waals surface area contributed by atoms with Crippen molar-refractivity contribution in [2.45, 2.75) is 280 Å². The van der Waals surface area contributed by atoms with E-state index in [1.54, 1.807) is 19.9 Å². The number of phenols is 1. The summed E-state index contributed by atoms with van der Waals surface area (Å²) in [6.07, 6.45) is -6.31. The molecule has 0 aliphatic rings. The third kappa shape index (κ3) is 46.4. The normalized spacial score (nSPS) is 15.0. The Balaban J connectivity index is 1.81. The molecule has 20 amide bonds. The number of aliphatic carboxylic acids is 4. The van der Waals surface area contributed by atoms with Crippen molar-refractivity contribution in [3.8, 4) is 5.75 Å². The maximum Gasteiger partial charge on any atom is 0.326 e. The number of carboxylic acid groups (broad SMARTS) is 4. The molecule has 0 bridgehead atoms. The molecule has 149 heavy (non-hydrogen) atoms. The molecule has 0 aliphatic heterocycles. The monoisotopic (exact) mass is 2110 g/mol. The third-order valence-corrected chi connectivity index (χ3v) is 22.2. The van der Waals surface area contributed by atoms with Gasteiger partial charge in [0.1, 0.15) is 108 Å². The van der Waals surface area contributed by atoms with E-state index in [1.165, 1.54) is 103 Å². The fourth-order valence-electron chi connectivity index (χ4n) is 13.8. The van der Waals surface area contributed by atoms with Gasteiger partial charge in [-0.05, 0) is 128 Å². The summed E-state index contributed by atoms with van der Waals surface area (Å²) in [5.74, 6) is -31.6. The molecule has 826 valence electrons. The number of carboxylic acids is 4. The standard InChI is InChI=1S/C91H138N24O34/c1-42(2)30-57(79(137)102-53(24-27-67(125)126)76(134)96-36-65(123)101-55(23-26-64(94)122)78(136)100-44(5)73(131)99-45(6)74(132)103-56(89(147)148)18-14-15-29-92)104-80(138)58(32-49-19-21-51(121)22-20-49)105-83(141)61(38-116)108-85(143)63(40-118)109-86(144)70(43(3)4)113-82(140)60(34-69(129)130)106-84(142)62(39-117)110-88(146)72(47(8)120)114-81(139)59(31-48-16-12-11-13-17-48)107-87(145)71(46(7)119)112-66(124)37-97-77(135)54(25-28-68(127)128)111-90(149)91(9,10)115-75(133)52(93)33-50-35-95-41-98-50/h11-13,16-17,19-22,35,41-47,52-63,70-72,116-121H,14-15,18,23-34,36-40,92-93H2,1-10H3,(H2,94,122)(H,95,98)(H,96,134)(H,97,135)(H,99,131)(H,100,136)(H,101,123)(H,102,137)(H,103,132)(H,104,138)(H,105,141)(H,106,142)(H,107,145)(H,108,143)(H,109,144)(H,110,146)(H,111,149)(H,112,124)(H,113,140)(H,114,139)(H,115,133)(H,125,126)(H,127,128)(H,129,130)(H,147,148)/t44-,45-,46+,47+,52-,53-,54-,55-,56-,57-,58-,59+,60-,61-,62-,63-,70-,71-,72-/m0/s1. The first-order valence-electron chi connectivity index (χ1n) is 47.2. The van der Waals surface area contributed by atoms with Crippen molar-refractivity contribution >= 4 is 142 Å². The van der Waals surface area contributed by atoms with E-state index in [0.29, 0.717) is 24.1 Å². The van der Waals surface area contributed by atoms with Gasteiger partial charge in [0.25, 0.3) is 0 Å². The van der Waals surface area contributed by atoms with Gasteiger partial charge in [-0.15, -0.1) is 0 Å². The Kier molecular flexibility index (Phi) is 54.6. The van der Waals surface area contributed by atoms with Crippen LogP contribution in [0.1, 0.15) is 157 Å². The van der Waals surface area contributed by atoms with Crippen molar-refractivity contribution in [1.29, 1.82) is 0 Å². The number of nitrogens with one attached hydrogen (secondary N) is 20. The molecule has 1 aromatic heterocycles. The van der Waals surface area contributed by atoms with Crippen molar-refractivity contribution in [3.05, 3.63) is 83.9 Å². The van der Waals surface area contributed by atoms with Gasteiger partial charge in [-0.1, -0.05) is 70.2 Å². The van der Waals surface area contributed by atoms with Crippen molar-refractivity contribution in [3.63, 3.8) is 0 Å². The quantitative estimate of drug-likeness (QED) is 0.0233. The molecule has 0 saturated heterocycles. The maximum atomic E-state index is 14.6. The molecule has 2 aromatic carbocycles. The smallest absolute Gasteiger partial charge is 0.326 e. The fraction of sp³-hybridized carbons (Fsp3) is 0.571. The Hall–Kier alpha value is -15.5. The van der Waals surface area contributed by atoms with E-state index in [0.717, 1.165) is 13.8 Å². The van der Waals surface area contributed by atoms with Crippen LogP contribution in [0.5, 0.6) is 5.75 Å². The number of aliphatic hydroxyl groups is 5. The number of unbranched alkanes of at least 4 members (excludes halogenated alkanes) is 1. The lowest BCUT2D eigenvalue weighted by Crippen LogP contribution is -2.63. The van der Waals surface area contributed by atoms with E-state index in [4.69, 9.17) is 17.2 Å². The Morgan fingerprint density at radius 2 is 0.779 bits per heavy atom. The highest BCUT2D eigenvalue weighted by Crippen LogP contribution is 2.17. The molecule has 19 atom stereocenters. The summed E-state index contributed by atoms with van der Waals surface area (Å²) in [4.78, 5) is 329. The van der Waals surface area contributed by atoms with E-state index in [9.17, 15) is 166 Å². The second-order valence-corrected chi connectivity index (χ2v) is 36.1. The van der Waals surface area contributed by atoms with Crippen LogP contribution >= 0.6 is 0 Å². The summed E-state index contributed by atoms with van der Waals surface area (Å²) in [5.41, 5.74) is 16.0. The number of rotatable bonds is 68. The number of benzene rings is 2. The number of carbonyl (C=O) groups is 24. The van der Waals surface area contributed by atoms with E-state index in [2.05, 4.69) is 100 Å². The predicted octanol–water partition coefficient (Wildman–Crippen LogP) is -12.5. The summed E-state index contributed by atoms with van der Waals surface area (Å²) in [5, 5.41) is 145. The van der Waals surface area contributed by atoms with Crippen molar-refractivity contribution in [2.24, 2.45) is 29.0 Å². The fourth-order valence-corrected chi connectivity index (χ4v) is 13.8. The zero-order valence-corrected chi connectivity index (χ0v) is 83.6. The second-order valence-electron chi connectivity index (χ2n) is 36.1. The van der Waals surface area contributed by atoms with Crippen LogP contribution in [0.3, 0.4) is 0 Å². The van der Waals surface area contributed by atoms with E-state index in [1.807, 2.05) is 10.6 Å². The van der Waals surface area contributed by atoms with Gasteiger partial charge in [-0.3, -0.25) is 110 Å². The minimum Gasteiger partial charge on any atom is -0.508 e. The van der Waals surface area contributed by atoms with Crippen molar-refractivity contribution in [1.82, 2.24) is 111 Å². The zero-order chi connectivity index (χ0) is 113. The van der Waals surface area contributed by atoms with Gasteiger partial charge in [-0.25, -0.2) is 9.78 Å². The number of H-pyrrole nitrogens is 1. The molecule has 36 N–H and O–H groups in total. The number of aromatic hydroxyl groups is 1. The molecule has 0 aliphatic carbocycles. The van der Waals surface area contributed by atoms with E-state index in [-0.39, 0.29) is 37.1 Å². The number of hydrogen-bond acceptors (Lipinski definition) is 33. The van der Waals surface area contributed by atoms with Gasteiger partial charge in [-0.2, -0.15) is 0 Å². The minimum absolute atomic E-state index is 0.0263. The molecule has 1 heterocycles. The van der Waals surface area contributed by atoms with Crippen LogP contribution in [-0.2, 0) is 134 Å². The van der Waals surface area contributed by atoms with Crippen molar-refractivity contribution in [2.75, 3.05) is 39.5 Å².